The third-order valence-electron chi connectivity index (χ3n) is 3.97. The van der Waals surface area contributed by atoms with Crippen molar-refractivity contribution in [1.82, 2.24) is 9.88 Å². The molecule has 1 amide bonds. The number of aryl methyl sites for hydroxylation is 1. The molecule has 4 heteroatoms. The Bertz CT molecular complexity index is 463. The maximum atomic E-state index is 12.0. The fourth-order valence-corrected chi connectivity index (χ4v) is 2.49. The second kappa shape index (κ2) is 5.37. The minimum atomic E-state index is -0.361. The van der Waals surface area contributed by atoms with Gasteiger partial charge in [0.15, 0.2) is 0 Å². The lowest BCUT2D eigenvalue weighted by Gasteiger charge is -2.24. The molecule has 0 saturated carbocycles. The number of aliphatic hydroxyl groups is 1. The van der Waals surface area contributed by atoms with Crippen LogP contribution in [0.3, 0.4) is 0 Å². The lowest BCUT2D eigenvalue weighted by molar-refractivity contribution is -0.123. The molecule has 2 rings (SSSR count). The number of hydrogen-bond donors (Lipinski definition) is 2. The summed E-state index contributed by atoms with van der Waals surface area (Å²) in [6.45, 7) is 6.43. The highest BCUT2D eigenvalue weighted by Gasteiger charge is 2.21. The molecule has 106 valence electrons. The predicted molar refractivity (Wildman–Crippen MR) is 74.8 cm³/mol. The van der Waals surface area contributed by atoms with E-state index < -0.39 is 0 Å². The molecule has 0 aliphatic heterocycles. The van der Waals surface area contributed by atoms with Crippen molar-refractivity contribution in [3.63, 3.8) is 0 Å². The van der Waals surface area contributed by atoms with Gasteiger partial charge >= 0.3 is 0 Å². The van der Waals surface area contributed by atoms with Gasteiger partial charge in [0.25, 0.3) is 0 Å². The molecule has 0 aromatic carbocycles. The standard InChI is InChI=1S/C15H24N2O2/c1-4-15(2,3)16-14(19)10-17-8-11-6-5-7-13(18)12(11)9-17/h8-9,13,18H,4-7,10H2,1-3H3,(H,16,19). The van der Waals surface area contributed by atoms with E-state index in [0.29, 0.717) is 6.54 Å². The van der Waals surface area contributed by atoms with Crippen LogP contribution in [0.25, 0.3) is 0 Å². The van der Waals surface area contributed by atoms with Gasteiger partial charge < -0.3 is 15.0 Å². The summed E-state index contributed by atoms with van der Waals surface area (Å²) in [6, 6.07) is 0. The van der Waals surface area contributed by atoms with Crippen LogP contribution < -0.4 is 5.32 Å². The average molecular weight is 264 g/mol. The fourth-order valence-electron chi connectivity index (χ4n) is 2.49. The molecule has 0 spiro atoms. The van der Waals surface area contributed by atoms with Crippen LogP contribution in [0.4, 0.5) is 0 Å². The molecular formula is C15H24N2O2. The summed E-state index contributed by atoms with van der Waals surface area (Å²) in [5.74, 6) is 0.0219. The Labute approximate surface area is 114 Å². The molecule has 0 bridgehead atoms. The van der Waals surface area contributed by atoms with Crippen molar-refractivity contribution in [2.24, 2.45) is 0 Å². The van der Waals surface area contributed by atoms with Crippen molar-refractivity contribution in [1.29, 1.82) is 0 Å². The van der Waals surface area contributed by atoms with Gasteiger partial charge in [0.1, 0.15) is 6.54 Å². The number of amides is 1. The van der Waals surface area contributed by atoms with E-state index in [1.165, 1.54) is 5.56 Å². The first-order valence-corrected chi connectivity index (χ1v) is 7.09. The maximum Gasteiger partial charge on any atom is 0.240 e. The zero-order chi connectivity index (χ0) is 14.0. The maximum absolute atomic E-state index is 12.0. The summed E-state index contributed by atoms with van der Waals surface area (Å²) in [5.41, 5.74) is 2.01. The summed E-state index contributed by atoms with van der Waals surface area (Å²) >= 11 is 0. The number of nitrogens with one attached hydrogen (secondary N) is 1. The monoisotopic (exact) mass is 264 g/mol. The molecule has 4 nitrogen and oxygen atoms in total. The first-order chi connectivity index (χ1) is 8.91. The number of hydrogen-bond acceptors (Lipinski definition) is 2. The van der Waals surface area contributed by atoms with Crippen molar-refractivity contribution in [3.05, 3.63) is 23.5 Å². The normalized spacial score (nSPS) is 19.1. The van der Waals surface area contributed by atoms with Crippen LogP contribution in [0, 0.1) is 0 Å². The van der Waals surface area contributed by atoms with Gasteiger partial charge in [-0.15, -0.1) is 0 Å². The van der Waals surface area contributed by atoms with Gasteiger partial charge in [0, 0.05) is 23.5 Å². The van der Waals surface area contributed by atoms with E-state index in [2.05, 4.69) is 12.2 Å². The van der Waals surface area contributed by atoms with Crippen LogP contribution in [-0.2, 0) is 17.8 Å². The van der Waals surface area contributed by atoms with Crippen LogP contribution in [0.2, 0.25) is 0 Å². The number of rotatable bonds is 4. The molecule has 0 radical (unpaired) electrons. The Morgan fingerprint density at radius 2 is 2.26 bits per heavy atom. The van der Waals surface area contributed by atoms with Gasteiger partial charge in [-0.25, -0.2) is 0 Å². The van der Waals surface area contributed by atoms with Crippen LogP contribution in [0.5, 0.6) is 0 Å². The lowest BCUT2D eigenvalue weighted by Crippen LogP contribution is -2.44. The largest absolute Gasteiger partial charge is 0.388 e. The Balaban J connectivity index is 2.02. The van der Waals surface area contributed by atoms with Gasteiger partial charge in [-0.3, -0.25) is 4.79 Å². The molecule has 0 fully saturated rings. The van der Waals surface area contributed by atoms with Gasteiger partial charge in [0.05, 0.1) is 6.10 Å². The van der Waals surface area contributed by atoms with Gasteiger partial charge in [-0.2, -0.15) is 0 Å². The Kier molecular flexibility index (Phi) is 3.99. The quantitative estimate of drug-likeness (QED) is 0.875. The first-order valence-electron chi connectivity index (χ1n) is 7.09. The van der Waals surface area contributed by atoms with Crippen LogP contribution in [0.1, 0.15) is 57.3 Å². The summed E-state index contributed by atoms with van der Waals surface area (Å²) < 4.78 is 1.89. The average Bonchev–Trinajstić information content (AvgIpc) is 2.72. The Hall–Kier alpha value is -1.29. The Morgan fingerprint density at radius 3 is 2.89 bits per heavy atom. The number of nitrogens with zero attached hydrogens (tertiary/aromatic N) is 1. The van der Waals surface area contributed by atoms with Crippen molar-refractivity contribution >= 4 is 5.91 Å². The number of aromatic nitrogens is 1. The van der Waals surface area contributed by atoms with E-state index >= 15 is 0 Å². The highest BCUT2D eigenvalue weighted by atomic mass is 16.3. The molecule has 1 heterocycles. The molecule has 19 heavy (non-hydrogen) atoms. The minimum absolute atomic E-state index is 0.0219. The molecular weight excluding hydrogens is 240 g/mol. The molecule has 2 N–H and O–H groups in total. The van der Waals surface area contributed by atoms with E-state index in [4.69, 9.17) is 0 Å². The van der Waals surface area contributed by atoms with Crippen LogP contribution in [-0.4, -0.2) is 21.1 Å². The predicted octanol–water partition coefficient (Wildman–Crippen LogP) is 2.16. The molecule has 1 aliphatic carbocycles. The van der Waals surface area contributed by atoms with Crippen molar-refractivity contribution < 1.29 is 9.90 Å². The van der Waals surface area contributed by atoms with Crippen molar-refractivity contribution in [2.75, 3.05) is 0 Å². The highest BCUT2D eigenvalue weighted by molar-refractivity contribution is 5.76. The van der Waals surface area contributed by atoms with E-state index in [0.717, 1.165) is 31.2 Å². The summed E-state index contributed by atoms with van der Waals surface area (Å²) in [5, 5.41) is 12.9. The zero-order valence-electron chi connectivity index (χ0n) is 12.1. The number of fused-ring (bicyclic) bond motifs is 1. The Morgan fingerprint density at radius 1 is 1.53 bits per heavy atom. The van der Waals surface area contributed by atoms with E-state index in [-0.39, 0.29) is 17.6 Å². The second-order valence-corrected chi connectivity index (χ2v) is 6.10. The van der Waals surface area contributed by atoms with Crippen LogP contribution >= 0.6 is 0 Å². The minimum Gasteiger partial charge on any atom is -0.388 e. The highest BCUT2D eigenvalue weighted by Crippen LogP contribution is 2.30. The summed E-state index contributed by atoms with van der Waals surface area (Å²) in [6.07, 6.45) is 7.30. The molecule has 1 unspecified atom stereocenters. The first kappa shape index (κ1) is 14.1. The van der Waals surface area contributed by atoms with Crippen molar-refractivity contribution in [2.45, 2.75) is 64.6 Å². The molecule has 0 saturated heterocycles. The summed E-state index contributed by atoms with van der Waals surface area (Å²) in [7, 11) is 0. The third kappa shape index (κ3) is 3.38. The van der Waals surface area contributed by atoms with Gasteiger partial charge in [0.2, 0.25) is 5.91 Å². The van der Waals surface area contributed by atoms with E-state index in [1.807, 2.05) is 30.8 Å². The molecule has 1 aliphatic rings. The zero-order valence-corrected chi connectivity index (χ0v) is 12.1. The van der Waals surface area contributed by atoms with E-state index in [1.54, 1.807) is 0 Å². The third-order valence-corrected chi connectivity index (χ3v) is 3.97. The van der Waals surface area contributed by atoms with Crippen LogP contribution in [0.15, 0.2) is 12.4 Å². The smallest absolute Gasteiger partial charge is 0.240 e. The fraction of sp³-hybridized carbons (Fsp3) is 0.667. The molecule has 1 atom stereocenters. The second-order valence-electron chi connectivity index (χ2n) is 6.10. The topological polar surface area (TPSA) is 54.3 Å². The molecule has 1 aromatic heterocycles. The SMILES string of the molecule is CCC(C)(C)NC(=O)Cn1cc2c(c1)C(O)CCC2. The van der Waals surface area contributed by atoms with E-state index in [9.17, 15) is 9.90 Å². The molecule has 1 aromatic rings. The number of carbonyl (C=O) groups is 1. The number of aliphatic hydroxyl groups excluding tert-OH is 1. The van der Waals surface area contributed by atoms with Crippen molar-refractivity contribution in [3.8, 4) is 0 Å². The van der Waals surface area contributed by atoms with Gasteiger partial charge in [-0.05, 0) is 45.1 Å². The van der Waals surface area contributed by atoms with Gasteiger partial charge in [-0.1, -0.05) is 6.92 Å². The summed E-state index contributed by atoms with van der Waals surface area (Å²) in [4.78, 5) is 12.0. The lowest BCUT2D eigenvalue weighted by atomic mass is 9.93. The number of carbonyl (C=O) groups excluding carboxylic acids is 1.